The number of aliphatic hydroxyl groups is 4. The molecule has 9 atom stereocenters. The maximum atomic E-state index is 12.6. The largest absolute Gasteiger partial charge is 0.391 e. The molecule has 2 aliphatic heterocycles. The third kappa shape index (κ3) is 5.93. The molecule has 6 N–H and O–H groups in total. The van der Waals surface area contributed by atoms with E-state index in [0.29, 0.717) is 5.92 Å². The standard InChI is InChI=1S/C17H32N2O6S.ClH/c1-4-5-9-6-10(18-7-9)16(24)19-11(8(2)20)15-13(22)12(21)14(23)17(25-15)26-3;/h8-15,17-18,20-23H,4-7H2,1-3H3,(H,19,24);1H/t8-,9-,10+,11-,12-,13-,14?,15?,17-;/m1./s1. The van der Waals surface area contributed by atoms with Crippen LogP contribution in [0.3, 0.4) is 0 Å². The second-order valence-electron chi connectivity index (χ2n) is 7.30. The van der Waals surface area contributed by atoms with Crippen molar-refractivity contribution in [3.05, 3.63) is 0 Å². The zero-order valence-electron chi connectivity index (χ0n) is 15.9. The van der Waals surface area contributed by atoms with Crippen LogP contribution in [0.15, 0.2) is 0 Å². The van der Waals surface area contributed by atoms with Crippen molar-refractivity contribution >= 4 is 30.1 Å². The Labute approximate surface area is 170 Å². The first-order valence-electron chi connectivity index (χ1n) is 9.24. The highest BCUT2D eigenvalue weighted by molar-refractivity contribution is 7.99. The van der Waals surface area contributed by atoms with Crippen LogP contribution in [0.2, 0.25) is 0 Å². The summed E-state index contributed by atoms with van der Waals surface area (Å²) in [5.74, 6) is 0.196. The van der Waals surface area contributed by atoms with Gasteiger partial charge >= 0.3 is 0 Å². The van der Waals surface area contributed by atoms with E-state index >= 15 is 0 Å². The molecule has 0 aromatic heterocycles. The Morgan fingerprint density at radius 2 is 1.96 bits per heavy atom. The highest BCUT2D eigenvalue weighted by atomic mass is 35.5. The van der Waals surface area contributed by atoms with Crippen molar-refractivity contribution < 1.29 is 30.0 Å². The number of carbonyl (C=O) groups excluding carboxylic acids is 1. The molecule has 0 radical (unpaired) electrons. The Kier molecular flexibility index (Phi) is 10.3. The Balaban J connectivity index is 0.00000364. The Bertz CT molecular complexity index is 473. The number of ether oxygens (including phenoxy) is 1. The monoisotopic (exact) mass is 428 g/mol. The van der Waals surface area contributed by atoms with E-state index in [1.165, 1.54) is 18.7 Å². The maximum absolute atomic E-state index is 12.6. The van der Waals surface area contributed by atoms with Gasteiger partial charge < -0.3 is 35.8 Å². The van der Waals surface area contributed by atoms with Crippen LogP contribution in [-0.4, -0.2) is 87.2 Å². The lowest BCUT2D eigenvalue weighted by Gasteiger charge is -2.44. The van der Waals surface area contributed by atoms with Gasteiger partial charge in [-0.15, -0.1) is 24.2 Å². The number of aliphatic hydroxyl groups excluding tert-OH is 4. The fourth-order valence-corrected chi connectivity index (χ4v) is 4.42. The van der Waals surface area contributed by atoms with Gasteiger partial charge in [0.15, 0.2) is 0 Å². The van der Waals surface area contributed by atoms with Crippen LogP contribution in [0.25, 0.3) is 0 Å². The second kappa shape index (κ2) is 11.2. The van der Waals surface area contributed by atoms with Gasteiger partial charge in [0.05, 0.1) is 18.2 Å². The lowest BCUT2D eigenvalue weighted by Crippen LogP contribution is -2.65. The zero-order chi connectivity index (χ0) is 19.4. The number of carbonyl (C=O) groups is 1. The van der Waals surface area contributed by atoms with Gasteiger partial charge in [-0.2, -0.15) is 0 Å². The minimum atomic E-state index is -1.42. The number of halogens is 1. The number of thioether (sulfide) groups is 1. The summed E-state index contributed by atoms with van der Waals surface area (Å²) in [6, 6.07) is -1.25. The maximum Gasteiger partial charge on any atom is 0.237 e. The molecule has 0 saturated carbocycles. The van der Waals surface area contributed by atoms with Crippen molar-refractivity contribution in [2.24, 2.45) is 5.92 Å². The average Bonchev–Trinajstić information content (AvgIpc) is 3.07. The van der Waals surface area contributed by atoms with Crippen LogP contribution in [0.5, 0.6) is 0 Å². The van der Waals surface area contributed by atoms with Gasteiger partial charge in [0.1, 0.15) is 29.9 Å². The molecule has 10 heteroatoms. The molecule has 0 spiro atoms. The minimum Gasteiger partial charge on any atom is -0.391 e. The molecule has 2 saturated heterocycles. The Hall–Kier alpha value is -0.130. The fourth-order valence-electron chi connectivity index (χ4n) is 3.74. The molecule has 0 aliphatic carbocycles. The van der Waals surface area contributed by atoms with Crippen LogP contribution in [-0.2, 0) is 9.53 Å². The van der Waals surface area contributed by atoms with Gasteiger partial charge in [-0.25, -0.2) is 0 Å². The smallest absolute Gasteiger partial charge is 0.237 e. The summed E-state index contributed by atoms with van der Waals surface area (Å²) in [4.78, 5) is 12.6. The van der Waals surface area contributed by atoms with E-state index in [0.717, 1.165) is 25.8 Å². The third-order valence-corrected chi connectivity index (χ3v) is 6.11. The summed E-state index contributed by atoms with van der Waals surface area (Å²) in [5, 5.41) is 46.5. The van der Waals surface area contributed by atoms with E-state index in [1.54, 1.807) is 6.26 Å². The van der Waals surface area contributed by atoms with Crippen LogP contribution < -0.4 is 10.6 Å². The van der Waals surface area contributed by atoms with Gasteiger partial charge in [-0.3, -0.25) is 4.79 Å². The average molecular weight is 429 g/mol. The molecule has 2 heterocycles. The van der Waals surface area contributed by atoms with Crippen molar-refractivity contribution in [2.45, 2.75) is 81.1 Å². The number of hydrogen-bond acceptors (Lipinski definition) is 8. The molecule has 8 nitrogen and oxygen atoms in total. The highest BCUT2D eigenvalue weighted by Gasteiger charge is 2.48. The molecule has 0 aromatic rings. The molecular weight excluding hydrogens is 396 g/mol. The van der Waals surface area contributed by atoms with Crippen molar-refractivity contribution in [1.29, 1.82) is 0 Å². The predicted octanol–water partition coefficient (Wildman–Crippen LogP) is -0.777. The first-order chi connectivity index (χ1) is 12.3. The summed E-state index contributed by atoms with van der Waals surface area (Å²) in [5.41, 5.74) is -0.755. The molecule has 27 heavy (non-hydrogen) atoms. The molecule has 0 bridgehead atoms. The summed E-state index contributed by atoms with van der Waals surface area (Å²) < 4.78 is 5.69. The van der Waals surface area contributed by atoms with E-state index in [4.69, 9.17) is 4.74 Å². The first-order valence-corrected chi connectivity index (χ1v) is 10.5. The van der Waals surface area contributed by atoms with Gasteiger partial charge in [0.25, 0.3) is 0 Å². The summed E-state index contributed by atoms with van der Waals surface area (Å²) >= 11 is 1.19. The van der Waals surface area contributed by atoms with Crippen molar-refractivity contribution in [2.75, 3.05) is 12.8 Å². The number of hydrogen-bond donors (Lipinski definition) is 6. The zero-order valence-corrected chi connectivity index (χ0v) is 17.6. The molecule has 2 fully saturated rings. The van der Waals surface area contributed by atoms with Gasteiger partial charge in [0.2, 0.25) is 5.91 Å². The van der Waals surface area contributed by atoms with Crippen molar-refractivity contribution in [3.8, 4) is 0 Å². The molecule has 2 aliphatic rings. The second-order valence-corrected chi connectivity index (χ2v) is 8.24. The molecule has 0 aromatic carbocycles. The van der Waals surface area contributed by atoms with E-state index in [9.17, 15) is 25.2 Å². The van der Waals surface area contributed by atoms with Gasteiger partial charge in [-0.05, 0) is 38.5 Å². The van der Waals surface area contributed by atoms with E-state index in [-0.39, 0.29) is 24.4 Å². The lowest BCUT2D eigenvalue weighted by molar-refractivity contribution is -0.211. The predicted molar refractivity (Wildman–Crippen MR) is 106 cm³/mol. The van der Waals surface area contributed by atoms with E-state index in [2.05, 4.69) is 17.6 Å². The van der Waals surface area contributed by atoms with Crippen LogP contribution in [0.1, 0.15) is 33.1 Å². The number of nitrogens with one attached hydrogen (secondary N) is 2. The van der Waals surface area contributed by atoms with Crippen LogP contribution in [0.4, 0.5) is 0 Å². The van der Waals surface area contributed by atoms with E-state index in [1.807, 2.05) is 0 Å². The van der Waals surface area contributed by atoms with Crippen molar-refractivity contribution in [3.63, 3.8) is 0 Å². The number of amides is 1. The summed E-state index contributed by atoms with van der Waals surface area (Å²) in [6.45, 7) is 4.39. The topological polar surface area (TPSA) is 131 Å². The molecule has 2 rings (SSSR count). The van der Waals surface area contributed by atoms with Crippen LogP contribution in [0, 0.1) is 5.92 Å². The Morgan fingerprint density at radius 3 is 2.52 bits per heavy atom. The normalized spacial score (nSPS) is 38.7. The fraction of sp³-hybridized carbons (Fsp3) is 0.941. The van der Waals surface area contributed by atoms with E-state index < -0.39 is 42.0 Å². The summed E-state index contributed by atoms with van der Waals surface area (Å²) in [6.07, 6.45) is -1.54. The molecule has 1 amide bonds. The highest BCUT2D eigenvalue weighted by Crippen LogP contribution is 2.29. The summed E-state index contributed by atoms with van der Waals surface area (Å²) in [7, 11) is 0. The SMILES string of the molecule is CCC[C@H]1CN[C@H](C(=O)N[C@@H](C2O[C@H](SC)C(O)[C@H](O)[C@H]2O)[C@@H](C)O)C1.Cl. The van der Waals surface area contributed by atoms with Gasteiger partial charge in [0, 0.05) is 0 Å². The molecule has 2 unspecified atom stereocenters. The lowest BCUT2D eigenvalue weighted by atomic mass is 9.92. The molecular formula is C17H33ClN2O6S. The first kappa shape index (κ1) is 24.9. The number of rotatable bonds is 7. The third-order valence-electron chi connectivity index (χ3n) is 5.26. The van der Waals surface area contributed by atoms with Gasteiger partial charge in [-0.1, -0.05) is 13.3 Å². The Morgan fingerprint density at radius 1 is 1.30 bits per heavy atom. The van der Waals surface area contributed by atoms with Crippen LogP contribution >= 0.6 is 24.2 Å². The minimum absolute atomic E-state index is 0. The quantitative estimate of drug-likeness (QED) is 0.311. The van der Waals surface area contributed by atoms with Crippen molar-refractivity contribution in [1.82, 2.24) is 10.6 Å². The molecule has 160 valence electrons.